The second kappa shape index (κ2) is 6.19. The molecule has 116 valence electrons. The van der Waals surface area contributed by atoms with Crippen molar-refractivity contribution in [1.29, 1.82) is 0 Å². The number of hydrogen-bond donors (Lipinski definition) is 0. The van der Waals surface area contributed by atoms with Crippen LogP contribution >= 0.6 is 0 Å². The second-order valence-corrected chi connectivity index (χ2v) is 5.23. The molecule has 6 nitrogen and oxygen atoms in total. The largest absolute Gasteiger partial charge is 0.497 e. The Morgan fingerprint density at radius 2 is 2.14 bits per heavy atom. The van der Waals surface area contributed by atoms with E-state index in [1.54, 1.807) is 18.1 Å². The smallest absolute Gasteiger partial charge is 0.276 e. The van der Waals surface area contributed by atoms with Crippen LogP contribution in [0.15, 0.2) is 34.9 Å². The number of carbonyl (C=O) groups excluding carboxylic acids is 1. The van der Waals surface area contributed by atoms with E-state index in [2.05, 4.69) is 5.16 Å². The second-order valence-electron chi connectivity index (χ2n) is 5.23. The Morgan fingerprint density at radius 1 is 1.36 bits per heavy atom. The fourth-order valence-electron chi connectivity index (χ4n) is 2.44. The van der Waals surface area contributed by atoms with Crippen LogP contribution in [0.5, 0.6) is 5.75 Å². The van der Waals surface area contributed by atoms with Crippen molar-refractivity contribution in [2.24, 2.45) is 0 Å². The van der Waals surface area contributed by atoms with E-state index < -0.39 is 0 Å². The van der Waals surface area contributed by atoms with Crippen LogP contribution in [-0.4, -0.2) is 48.9 Å². The van der Waals surface area contributed by atoms with Gasteiger partial charge in [0.1, 0.15) is 5.75 Å². The molecule has 1 aliphatic rings. The minimum Gasteiger partial charge on any atom is -0.497 e. The standard InChI is InChI=1S/C16H18N2O4/c1-11-10-21-8-7-18(11)16(19)14-9-15(22-17-14)12-3-5-13(20-2)6-4-12/h3-6,9,11H,7-8,10H2,1-2H3/t11-/m1/s1. The van der Waals surface area contributed by atoms with Crippen molar-refractivity contribution in [3.05, 3.63) is 36.0 Å². The first kappa shape index (κ1) is 14.6. The third kappa shape index (κ3) is 2.82. The number of nitrogens with zero attached hydrogens (tertiary/aromatic N) is 2. The van der Waals surface area contributed by atoms with Crippen molar-refractivity contribution in [2.45, 2.75) is 13.0 Å². The molecule has 0 N–H and O–H groups in total. The number of ether oxygens (including phenoxy) is 2. The predicted octanol–water partition coefficient (Wildman–Crippen LogP) is 2.21. The van der Waals surface area contributed by atoms with Gasteiger partial charge in [-0.05, 0) is 31.2 Å². The lowest BCUT2D eigenvalue weighted by Crippen LogP contribution is -2.47. The highest BCUT2D eigenvalue weighted by Gasteiger charge is 2.27. The van der Waals surface area contributed by atoms with Gasteiger partial charge >= 0.3 is 0 Å². The third-order valence-corrected chi connectivity index (χ3v) is 3.73. The van der Waals surface area contributed by atoms with Gasteiger partial charge in [-0.1, -0.05) is 5.16 Å². The minimum atomic E-state index is -0.126. The molecule has 0 saturated carbocycles. The van der Waals surface area contributed by atoms with Crippen molar-refractivity contribution in [2.75, 3.05) is 26.9 Å². The van der Waals surface area contributed by atoms with E-state index in [9.17, 15) is 4.79 Å². The highest BCUT2D eigenvalue weighted by Crippen LogP contribution is 2.24. The van der Waals surface area contributed by atoms with Crippen LogP contribution in [0, 0.1) is 0 Å². The summed E-state index contributed by atoms with van der Waals surface area (Å²) in [5.74, 6) is 1.20. The van der Waals surface area contributed by atoms with E-state index in [1.807, 2.05) is 31.2 Å². The molecule has 2 heterocycles. The van der Waals surface area contributed by atoms with Crippen molar-refractivity contribution in [1.82, 2.24) is 10.1 Å². The lowest BCUT2D eigenvalue weighted by Gasteiger charge is -2.32. The topological polar surface area (TPSA) is 64.8 Å². The lowest BCUT2D eigenvalue weighted by molar-refractivity contribution is 0.00307. The van der Waals surface area contributed by atoms with Crippen molar-refractivity contribution < 1.29 is 18.8 Å². The molecule has 6 heteroatoms. The molecule has 22 heavy (non-hydrogen) atoms. The Morgan fingerprint density at radius 3 is 2.82 bits per heavy atom. The maximum absolute atomic E-state index is 12.5. The summed E-state index contributed by atoms with van der Waals surface area (Å²) in [7, 11) is 1.61. The van der Waals surface area contributed by atoms with Crippen LogP contribution in [0.2, 0.25) is 0 Å². The van der Waals surface area contributed by atoms with Gasteiger partial charge in [0.15, 0.2) is 11.5 Å². The fraction of sp³-hybridized carbons (Fsp3) is 0.375. The summed E-state index contributed by atoms with van der Waals surface area (Å²) in [6.07, 6.45) is 0. The van der Waals surface area contributed by atoms with E-state index >= 15 is 0 Å². The summed E-state index contributed by atoms with van der Waals surface area (Å²) in [6.45, 7) is 3.64. The molecular weight excluding hydrogens is 284 g/mol. The third-order valence-electron chi connectivity index (χ3n) is 3.73. The zero-order chi connectivity index (χ0) is 15.5. The van der Waals surface area contributed by atoms with Gasteiger partial charge in [0.25, 0.3) is 5.91 Å². The van der Waals surface area contributed by atoms with Crippen LogP contribution in [0.25, 0.3) is 11.3 Å². The Hall–Kier alpha value is -2.34. The Labute approximate surface area is 128 Å². The summed E-state index contributed by atoms with van der Waals surface area (Å²) in [4.78, 5) is 14.2. The Kier molecular flexibility index (Phi) is 4.11. The van der Waals surface area contributed by atoms with E-state index in [0.717, 1.165) is 11.3 Å². The van der Waals surface area contributed by atoms with E-state index in [4.69, 9.17) is 14.0 Å². The summed E-state index contributed by atoms with van der Waals surface area (Å²) in [5.41, 5.74) is 1.17. The number of aromatic nitrogens is 1. The molecule has 0 unspecified atom stereocenters. The first-order chi connectivity index (χ1) is 10.7. The van der Waals surface area contributed by atoms with E-state index in [1.165, 1.54) is 0 Å². The van der Waals surface area contributed by atoms with Gasteiger partial charge < -0.3 is 18.9 Å². The molecule has 1 aromatic heterocycles. The van der Waals surface area contributed by atoms with Gasteiger partial charge in [-0.15, -0.1) is 0 Å². The van der Waals surface area contributed by atoms with E-state index in [-0.39, 0.29) is 11.9 Å². The van der Waals surface area contributed by atoms with Gasteiger partial charge in [-0.25, -0.2) is 0 Å². The number of amides is 1. The summed E-state index contributed by atoms with van der Waals surface area (Å²) < 4.78 is 15.8. The fourth-order valence-corrected chi connectivity index (χ4v) is 2.44. The quantitative estimate of drug-likeness (QED) is 0.869. The Bertz CT molecular complexity index is 650. The zero-order valence-corrected chi connectivity index (χ0v) is 12.6. The molecule has 1 amide bonds. The van der Waals surface area contributed by atoms with Gasteiger partial charge in [-0.2, -0.15) is 0 Å². The zero-order valence-electron chi connectivity index (χ0n) is 12.6. The Balaban J connectivity index is 1.79. The van der Waals surface area contributed by atoms with Crippen molar-refractivity contribution in [3.63, 3.8) is 0 Å². The number of rotatable bonds is 3. The number of benzene rings is 1. The minimum absolute atomic E-state index is 0.0439. The SMILES string of the molecule is COc1ccc(-c2cc(C(=O)N3CCOC[C@H]3C)no2)cc1. The van der Waals surface area contributed by atoms with E-state index in [0.29, 0.717) is 31.2 Å². The molecule has 3 rings (SSSR count). The number of carbonyl (C=O) groups is 1. The maximum Gasteiger partial charge on any atom is 0.276 e. The lowest BCUT2D eigenvalue weighted by atomic mass is 10.1. The summed E-state index contributed by atoms with van der Waals surface area (Å²) >= 11 is 0. The van der Waals surface area contributed by atoms with Crippen LogP contribution in [-0.2, 0) is 4.74 Å². The highest BCUT2D eigenvalue weighted by atomic mass is 16.5. The van der Waals surface area contributed by atoms with Gasteiger partial charge in [0.05, 0.1) is 26.4 Å². The summed E-state index contributed by atoms with van der Waals surface area (Å²) in [5, 5.41) is 3.91. The van der Waals surface area contributed by atoms with Gasteiger partial charge in [0.2, 0.25) is 0 Å². The number of methoxy groups -OCH3 is 1. The van der Waals surface area contributed by atoms with Gasteiger partial charge in [0, 0.05) is 18.2 Å². The number of hydrogen-bond acceptors (Lipinski definition) is 5. The molecule has 0 aliphatic carbocycles. The average molecular weight is 302 g/mol. The molecule has 1 atom stereocenters. The average Bonchev–Trinajstić information content (AvgIpc) is 3.05. The molecule has 1 fully saturated rings. The van der Waals surface area contributed by atoms with Crippen LogP contribution < -0.4 is 4.74 Å². The van der Waals surface area contributed by atoms with Crippen LogP contribution in [0.4, 0.5) is 0 Å². The normalized spacial score (nSPS) is 18.3. The molecule has 0 spiro atoms. The van der Waals surface area contributed by atoms with Crippen LogP contribution in [0.3, 0.4) is 0 Å². The predicted molar refractivity (Wildman–Crippen MR) is 79.8 cm³/mol. The molecule has 1 aromatic carbocycles. The number of morpholine rings is 1. The first-order valence-electron chi connectivity index (χ1n) is 7.19. The molecule has 0 bridgehead atoms. The molecule has 1 saturated heterocycles. The first-order valence-corrected chi connectivity index (χ1v) is 7.19. The van der Waals surface area contributed by atoms with Crippen LogP contribution in [0.1, 0.15) is 17.4 Å². The van der Waals surface area contributed by atoms with Crippen molar-refractivity contribution in [3.8, 4) is 17.1 Å². The molecule has 0 radical (unpaired) electrons. The highest BCUT2D eigenvalue weighted by molar-refractivity contribution is 5.93. The maximum atomic E-state index is 12.5. The van der Waals surface area contributed by atoms with Gasteiger partial charge in [-0.3, -0.25) is 4.79 Å². The molecule has 1 aliphatic heterocycles. The molecular formula is C16H18N2O4. The monoisotopic (exact) mass is 302 g/mol. The van der Waals surface area contributed by atoms with Crippen molar-refractivity contribution >= 4 is 5.91 Å². The molecule has 2 aromatic rings. The summed E-state index contributed by atoms with van der Waals surface area (Å²) in [6, 6.07) is 9.12.